The van der Waals surface area contributed by atoms with E-state index in [2.05, 4.69) is 15.3 Å². The molecule has 0 amide bonds. The van der Waals surface area contributed by atoms with Crippen LogP contribution in [-0.2, 0) is 6.18 Å². The van der Waals surface area contributed by atoms with Gasteiger partial charge in [-0.3, -0.25) is 0 Å². The van der Waals surface area contributed by atoms with Gasteiger partial charge in [-0.15, -0.1) is 10.2 Å². The van der Waals surface area contributed by atoms with Gasteiger partial charge in [-0.05, 0) is 29.8 Å². The Hall–Kier alpha value is -2.68. The highest BCUT2D eigenvalue weighted by Gasteiger charge is 2.31. The Kier molecular flexibility index (Phi) is 4.03. The molecule has 26 heavy (non-hydrogen) atoms. The summed E-state index contributed by atoms with van der Waals surface area (Å²) in [7, 11) is 0. The van der Waals surface area contributed by atoms with E-state index in [0.717, 1.165) is 12.1 Å². The summed E-state index contributed by atoms with van der Waals surface area (Å²) in [6.45, 7) is 0. The number of aromatic nitrogens is 3. The van der Waals surface area contributed by atoms with Crippen molar-refractivity contribution in [3.63, 3.8) is 0 Å². The van der Waals surface area contributed by atoms with Crippen LogP contribution in [0.3, 0.4) is 0 Å². The summed E-state index contributed by atoms with van der Waals surface area (Å²) in [5.41, 5.74) is 0.587. The van der Waals surface area contributed by atoms with Gasteiger partial charge in [0.2, 0.25) is 5.16 Å². The lowest BCUT2D eigenvalue weighted by Crippen LogP contribution is -2.15. The fourth-order valence-corrected chi connectivity index (χ4v) is 3.39. The van der Waals surface area contributed by atoms with Crippen molar-refractivity contribution in [1.29, 1.82) is 0 Å². The van der Waals surface area contributed by atoms with Crippen LogP contribution in [0.25, 0.3) is 11.4 Å². The Morgan fingerprint density at radius 3 is 2.50 bits per heavy atom. The lowest BCUT2D eigenvalue weighted by atomic mass is 10.1. The molecule has 0 fully saturated rings. The minimum Gasteiger partial charge on any atom is -0.207 e. The van der Waals surface area contributed by atoms with Gasteiger partial charge in [-0.25, -0.2) is 4.39 Å². The molecule has 0 N–H and O–H groups in total. The summed E-state index contributed by atoms with van der Waals surface area (Å²) in [6, 6.07) is 10.8. The van der Waals surface area contributed by atoms with Crippen LogP contribution in [0.15, 0.2) is 58.8 Å². The molecule has 0 atom stereocenters. The molecule has 3 aromatic rings. The van der Waals surface area contributed by atoms with Crippen molar-refractivity contribution >= 4 is 17.5 Å². The van der Waals surface area contributed by atoms with E-state index in [9.17, 15) is 17.6 Å². The zero-order chi connectivity index (χ0) is 18.3. The lowest BCUT2D eigenvalue weighted by molar-refractivity contribution is -0.137. The molecule has 1 aromatic heterocycles. The number of thioether (sulfide) groups is 1. The van der Waals surface area contributed by atoms with Crippen molar-refractivity contribution in [2.45, 2.75) is 11.3 Å². The number of hydrogen-bond acceptors (Lipinski definition) is 4. The van der Waals surface area contributed by atoms with Crippen LogP contribution in [-0.4, -0.2) is 26.3 Å². The number of halogens is 4. The fourth-order valence-electron chi connectivity index (χ4n) is 2.55. The van der Waals surface area contributed by atoms with Crippen LogP contribution in [0.5, 0.6) is 0 Å². The van der Waals surface area contributed by atoms with Crippen LogP contribution >= 0.6 is 11.8 Å². The van der Waals surface area contributed by atoms with E-state index in [1.165, 1.54) is 34.6 Å². The van der Waals surface area contributed by atoms with Gasteiger partial charge in [0.25, 0.3) is 0 Å². The maximum absolute atomic E-state index is 13.5. The minimum absolute atomic E-state index is 0.330. The first-order valence-corrected chi connectivity index (χ1v) is 8.50. The minimum atomic E-state index is -4.42. The van der Waals surface area contributed by atoms with Crippen molar-refractivity contribution in [3.05, 3.63) is 65.5 Å². The first-order valence-electron chi connectivity index (χ1n) is 7.51. The fraction of sp³-hybridized carbons (Fsp3) is 0.118. The van der Waals surface area contributed by atoms with E-state index in [0.29, 0.717) is 33.6 Å². The maximum atomic E-state index is 13.5. The Morgan fingerprint density at radius 1 is 0.962 bits per heavy atom. The van der Waals surface area contributed by atoms with E-state index < -0.39 is 17.6 Å². The molecule has 9 heteroatoms. The van der Waals surface area contributed by atoms with Crippen molar-refractivity contribution in [2.24, 2.45) is 5.10 Å². The number of rotatable bonds is 2. The predicted molar refractivity (Wildman–Crippen MR) is 89.5 cm³/mol. The van der Waals surface area contributed by atoms with E-state index in [1.54, 1.807) is 18.2 Å². The van der Waals surface area contributed by atoms with E-state index in [4.69, 9.17) is 0 Å². The molecule has 1 aliphatic rings. The highest BCUT2D eigenvalue weighted by molar-refractivity contribution is 7.99. The molecule has 2 aromatic carbocycles. The van der Waals surface area contributed by atoms with Gasteiger partial charge < -0.3 is 0 Å². The third-order valence-corrected chi connectivity index (χ3v) is 4.71. The topological polar surface area (TPSA) is 43.1 Å². The van der Waals surface area contributed by atoms with Crippen molar-refractivity contribution in [2.75, 3.05) is 5.75 Å². The molecule has 0 radical (unpaired) electrons. The quantitative estimate of drug-likeness (QED) is 0.619. The Morgan fingerprint density at radius 2 is 1.73 bits per heavy atom. The number of benzene rings is 2. The van der Waals surface area contributed by atoms with Crippen LogP contribution in [0.1, 0.15) is 11.1 Å². The zero-order valence-electron chi connectivity index (χ0n) is 13.0. The molecule has 1 aliphatic heterocycles. The second-order valence-corrected chi connectivity index (χ2v) is 6.48. The number of fused-ring (bicyclic) bond motifs is 1. The molecular formula is C17H10F4N4S. The van der Waals surface area contributed by atoms with E-state index in [-0.39, 0.29) is 0 Å². The molecule has 132 valence electrons. The van der Waals surface area contributed by atoms with Gasteiger partial charge in [-0.2, -0.15) is 22.9 Å². The Bertz CT molecular complexity index is 1010. The molecule has 0 aliphatic carbocycles. The third-order valence-electron chi connectivity index (χ3n) is 3.78. The van der Waals surface area contributed by atoms with Crippen molar-refractivity contribution in [1.82, 2.24) is 14.9 Å². The molecule has 4 nitrogen and oxygen atoms in total. The molecule has 0 unspecified atom stereocenters. The Labute approximate surface area is 149 Å². The first kappa shape index (κ1) is 16.8. The van der Waals surface area contributed by atoms with Crippen LogP contribution in [0.4, 0.5) is 17.6 Å². The SMILES string of the molecule is Fc1cccc(-c2nnc3n2N=C(c2cccc(C(F)(F)F)c2)CS3)c1. The second kappa shape index (κ2) is 6.24. The lowest BCUT2D eigenvalue weighted by Gasteiger charge is -2.15. The Balaban J connectivity index is 1.77. The van der Waals surface area contributed by atoms with Gasteiger partial charge in [-0.1, -0.05) is 36.0 Å². The summed E-state index contributed by atoms with van der Waals surface area (Å²) in [5, 5.41) is 12.9. The standard InChI is InChI=1S/C17H10F4N4S/c18-13-6-2-4-11(8-13)15-22-23-16-25(15)24-14(9-26-16)10-3-1-5-12(7-10)17(19,20)21/h1-8H,9H2. The predicted octanol–water partition coefficient (Wildman–Crippen LogP) is 4.46. The molecule has 4 rings (SSSR count). The second-order valence-electron chi connectivity index (χ2n) is 5.54. The van der Waals surface area contributed by atoms with Gasteiger partial charge in [0, 0.05) is 11.3 Å². The maximum Gasteiger partial charge on any atom is 0.416 e. The first-order chi connectivity index (χ1) is 12.4. The molecule has 2 heterocycles. The largest absolute Gasteiger partial charge is 0.416 e. The molecule has 0 bridgehead atoms. The van der Waals surface area contributed by atoms with Gasteiger partial charge >= 0.3 is 6.18 Å². The van der Waals surface area contributed by atoms with E-state index >= 15 is 0 Å². The van der Waals surface area contributed by atoms with Crippen LogP contribution < -0.4 is 0 Å². The average molecular weight is 378 g/mol. The normalized spacial score (nSPS) is 14.1. The van der Waals surface area contributed by atoms with Crippen molar-refractivity contribution < 1.29 is 17.6 Å². The summed E-state index contributed by atoms with van der Waals surface area (Å²) in [6.07, 6.45) is -4.42. The molecular weight excluding hydrogens is 368 g/mol. The summed E-state index contributed by atoms with van der Waals surface area (Å²) >= 11 is 1.31. The van der Waals surface area contributed by atoms with Gasteiger partial charge in [0.05, 0.1) is 11.3 Å². The third kappa shape index (κ3) is 3.10. The summed E-state index contributed by atoms with van der Waals surface area (Å²) < 4.78 is 53.7. The highest BCUT2D eigenvalue weighted by atomic mass is 32.2. The number of hydrogen-bond donors (Lipinski definition) is 0. The molecule has 0 saturated carbocycles. The van der Waals surface area contributed by atoms with Crippen LogP contribution in [0.2, 0.25) is 0 Å². The number of nitrogens with zero attached hydrogens (tertiary/aromatic N) is 4. The van der Waals surface area contributed by atoms with Crippen molar-refractivity contribution in [3.8, 4) is 11.4 Å². The smallest absolute Gasteiger partial charge is 0.207 e. The summed E-state index contributed by atoms with van der Waals surface area (Å²) in [5.74, 6) is 0.268. The summed E-state index contributed by atoms with van der Waals surface area (Å²) in [4.78, 5) is 0. The van der Waals surface area contributed by atoms with Gasteiger partial charge in [0.15, 0.2) is 5.82 Å². The van der Waals surface area contributed by atoms with E-state index in [1.807, 2.05) is 0 Å². The zero-order valence-corrected chi connectivity index (χ0v) is 13.9. The molecule has 0 spiro atoms. The van der Waals surface area contributed by atoms with Gasteiger partial charge in [0.1, 0.15) is 5.82 Å². The molecule has 0 saturated heterocycles. The highest BCUT2D eigenvalue weighted by Crippen LogP contribution is 2.32. The number of alkyl halides is 3. The monoisotopic (exact) mass is 378 g/mol. The van der Waals surface area contributed by atoms with Crippen LogP contribution in [0, 0.1) is 5.82 Å². The average Bonchev–Trinajstić information content (AvgIpc) is 3.04.